The van der Waals surface area contributed by atoms with Gasteiger partial charge in [0.15, 0.2) is 0 Å². The first-order chi connectivity index (χ1) is 5.53. The van der Waals surface area contributed by atoms with Gasteiger partial charge in [-0.2, -0.15) is 0 Å². The van der Waals surface area contributed by atoms with Crippen molar-refractivity contribution in [1.29, 1.82) is 0 Å². The summed E-state index contributed by atoms with van der Waals surface area (Å²) in [5, 5.41) is 2.20. The third-order valence-electron chi connectivity index (χ3n) is 2.97. The molecule has 0 aromatic carbocycles. The Morgan fingerprint density at radius 1 is 1.50 bits per heavy atom. The highest BCUT2D eigenvalue weighted by Crippen LogP contribution is 2.58. The number of hydrogen-bond acceptors (Lipinski definition) is 2. The van der Waals surface area contributed by atoms with Crippen LogP contribution in [0.25, 0.3) is 0 Å². The molecule has 66 valence electrons. The third-order valence-corrected chi connectivity index (χ3v) is 4.10. The van der Waals surface area contributed by atoms with Gasteiger partial charge in [0.1, 0.15) is 0 Å². The molecule has 0 unspecified atom stereocenters. The summed E-state index contributed by atoms with van der Waals surface area (Å²) in [7, 11) is 0. The largest absolute Gasteiger partial charge is 0.327 e. The lowest BCUT2D eigenvalue weighted by Crippen LogP contribution is -2.06. The maximum Gasteiger partial charge on any atom is 0.0180 e. The molecule has 1 aliphatic rings. The molecule has 0 saturated heterocycles. The van der Waals surface area contributed by atoms with Gasteiger partial charge in [0, 0.05) is 16.8 Å². The number of nitrogens with two attached hydrogens (primary N) is 1. The van der Waals surface area contributed by atoms with E-state index in [1.54, 1.807) is 0 Å². The summed E-state index contributed by atoms with van der Waals surface area (Å²) in [6.45, 7) is 6.63. The molecule has 2 heteroatoms. The van der Waals surface area contributed by atoms with Gasteiger partial charge in [0.25, 0.3) is 0 Å². The van der Waals surface area contributed by atoms with Gasteiger partial charge >= 0.3 is 0 Å². The second kappa shape index (κ2) is 2.33. The fraction of sp³-hybridized carbons (Fsp3) is 0.600. The fourth-order valence-corrected chi connectivity index (χ4v) is 3.08. The monoisotopic (exact) mass is 181 g/mol. The van der Waals surface area contributed by atoms with Crippen molar-refractivity contribution >= 4 is 11.3 Å². The molecule has 2 N–H and O–H groups in total. The van der Waals surface area contributed by atoms with E-state index in [1.165, 1.54) is 10.4 Å². The van der Waals surface area contributed by atoms with Crippen LogP contribution in [-0.4, -0.2) is 6.04 Å². The molecule has 0 bridgehead atoms. The minimum atomic E-state index is 0.331. The summed E-state index contributed by atoms with van der Waals surface area (Å²) in [5.74, 6) is 0.608. The van der Waals surface area contributed by atoms with Gasteiger partial charge in [-0.25, -0.2) is 0 Å². The average Bonchev–Trinajstić information content (AvgIpc) is 2.38. The Morgan fingerprint density at radius 3 is 2.42 bits per heavy atom. The van der Waals surface area contributed by atoms with E-state index < -0.39 is 0 Å². The Kier molecular flexibility index (Phi) is 1.61. The minimum absolute atomic E-state index is 0.331. The highest BCUT2D eigenvalue weighted by atomic mass is 32.1. The van der Waals surface area contributed by atoms with Crippen molar-refractivity contribution in [3.8, 4) is 0 Å². The van der Waals surface area contributed by atoms with Crippen molar-refractivity contribution < 1.29 is 0 Å². The van der Waals surface area contributed by atoms with Crippen LogP contribution in [0, 0.1) is 12.3 Å². The van der Waals surface area contributed by atoms with Crippen LogP contribution in [0.4, 0.5) is 0 Å². The maximum atomic E-state index is 5.99. The van der Waals surface area contributed by atoms with Gasteiger partial charge in [-0.15, -0.1) is 11.3 Å². The molecule has 12 heavy (non-hydrogen) atoms. The van der Waals surface area contributed by atoms with Crippen molar-refractivity contribution in [2.75, 3.05) is 0 Å². The zero-order valence-electron chi connectivity index (χ0n) is 7.79. The van der Waals surface area contributed by atoms with Crippen LogP contribution in [0.2, 0.25) is 0 Å². The van der Waals surface area contributed by atoms with Crippen LogP contribution in [0.5, 0.6) is 0 Å². The highest BCUT2D eigenvalue weighted by molar-refractivity contribution is 7.10. The molecule has 1 fully saturated rings. The summed E-state index contributed by atoms with van der Waals surface area (Å²) < 4.78 is 0. The van der Waals surface area contributed by atoms with Gasteiger partial charge < -0.3 is 5.73 Å². The number of rotatable bonds is 1. The molecule has 1 aromatic heterocycles. The molecular formula is C10H15NS. The molecule has 0 spiro atoms. The van der Waals surface area contributed by atoms with Gasteiger partial charge in [-0.1, -0.05) is 13.8 Å². The summed E-state index contributed by atoms with van der Waals surface area (Å²) >= 11 is 1.85. The Labute approximate surface area is 77.6 Å². The molecule has 2 rings (SSSR count). The lowest BCUT2D eigenvalue weighted by atomic mass is 10.1. The summed E-state index contributed by atoms with van der Waals surface area (Å²) in [6.07, 6.45) is 0. The molecule has 1 saturated carbocycles. The standard InChI is InChI=1S/C10H15NS/c1-6-4-7(12-5-6)8-9(11)10(8,2)3/h4-5,8-9H,11H2,1-3H3/t8-,9-/m1/s1. The van der Waals surface area contributed by atoms with Gasteiger partial charge in [-0.05, 0) is 29.3 Å². The van der Waals surface area contributed by atoms with Gasteiger partial charge in [0.2, 0.25) is 0 Å². The first-order valence-electron chi connectivity index (χ1n) is 4.34. The summed E-state index contributed by atoms with van der Waals surface area (Å²) in [6, 6.07) is 2.64. The highest BCUT2D eigenvalue weighted by Gasteiger charge is 2.56. The van der Waals surface area contributed by atoms with Gasteiger partial charge in [-0.3, -0.25) is 0 Å². The Balaban J connectivity index is 2.24. The van der Waals surface area contributed by atoms with Crippen molar-refractivity contribution in [2.24, 2.45) is 11.1 Å². The van der Waals surface area contributed by atoms with Crippen molar-refractivity contribution in [2.45, 2.75) is 32.7 Å². The number of hydrogen-bond donors (Lipinski definition) is 1. The number of thiophene rings is 1. The van der Waals surface area contributed by atoms with Crippen LogP contribution in [0.3, 0.4) is 0 Å². The SMILES string of the molecule is Cc1csc([C@@H]2[C@@H](N)C2(C)C)c1. The molecule has 0 radical (unpaired) electrons. The molecule has 2 atom stereocenters. The quantitative estimate of drug-likeness (QED) is 0.708. The Bertz CT molecular complexity index is 301. The lowest BCUT2D eigenvalue weighted by molar-refractivity contribution is 0.601. The summed E-state index contributed by atoms with van der Waals surface area (Å²) in [4.78, 5) is 1.46. The minimum Gasteiger partial charge on any atom is -0.327 e. The molecule has 1 heterocycles. The molecule has 0 aliphatic heterocycles. The molecule has 0 amide bonds. The third kappa shape index (κ3) is 1.02. The molecular weight excluding hydrogens is 166 g/mol. The van der Waals surface area contributed by atoms with Crippen molar-refractivity contribution in [3.63, 3.8) is 0 Å². The molecule has 1 nitrogen and oxygen atoms in total. The second-order valence-corrected chi connectivity index (χ2v) is 5.29. The van der Waals surface area contributed by atoms with Crippen molar-refractivity contribution in [3.05, 3.63) is 21.9 Å². The van der Waals surface area contributed by atoms with E-state index in [-0.39, 0.29) is 0 Å². The van der Waals surface area contributed by atoms with Crippen LogP contribution >= 0.6 is 11.3 Å². The van der Waals surface area contributed by atoms with E-state index in [0.29, 0.717) is 17.4 Å². The zero-order chi connectivity index (χ0) is 8.93. The number of aryl methyl sites for hydroxylation is 1. The van der Waals surface area contributed by atoms with Gasteiger partial charge in [0.05, 0.1) is 0 Å². The maximum absolute atomic E-state index is 5.99. The molecule has 1 aromatic rings. The van der Waals surface area contributed by atoms with Crippen LogP contribution < -0.4 is 5.73 Å². The van der Waals surface area contributed by atoms with E-state index in [4.69, 9.17) is 5.73 Å². The van der Waals surface area contributed by atoms with Crippen LogP contribution in [-0.2, 0) is 0 Å². The Hall–Kier alpha value is -0.340. The molecule has 1 aliphatic carbocycles. The van der Waals surface area contributed by atoms with Crippen LogP contribution in [0.1, 0.15) is 30.2 Å². The predicted molar refractivity (Wildman–Crippen MR) is 53.6 cm³/mol. The van der Waals surface area contributed by atoms with Crippen LogP contribution in [0.15, 0.2) is 11.4 Å². The van der Waals surface area contributed by atoms with E-state index in [2.05, 4.69) is 32.2 Å². The smallest absolute Gasteiger partial charge is 0.0180 e. The van der Waals surface area contributed by atoms with E-state index in [0.717, 1.165) is 0 Å². The zero-order valence-corrected chi connectivity index (χ0v) is 8.61. The first kappa shape index (κ1) is 8.27. The van der Waals surface area contributed by atoms with E-state index in [9.17, 15) is 0 Å². The van der Waals surface area contributed by atoms with E-state index >= 15 is 0 Å². The predicted octanol–water partition coefficient (Wildman–Crippen LogP) is 2.51. The normalized spacial score (nSPS) is 32.0. The second-order valence-electron chi connectivity index (χ2n) is 4.35. The lowest BCUT2D eigenvalue weighted by Gasteiger charge is -1.97. The van der Waals surface area contributed by atoms with E-state index in [1.807, 2.05) is 11.3 Å². The fourth-order valence-electron chi connectivity index (χ4n) is 1.84. The average molecular weight is 181 g/mol. The Morgan fingerprint density at radius 2 is 2.08 bits per heavy atom. The summed E-state index contributed by atoms with van der Waals surface area (Å²) in [5.41, 5.74) is 7.69. The van der Waals surface area contributed by atoms with Crippen molar-refractivity contribution in [1.82, 2.24) is 0 Å². The first-order valence-corrected chi connectivity index (χ1v) is 5.22. The topological polar surface area (TPSA) is 26.0 Å².